The fourth-order valence-electron chi connectivity index (χ4n) is 2.43. The molecule has 128 valence electrons. The van der Waals surface area contributed by atoms with Crippen LogP contribution in [0.2, 0.25) is 0 Å². The number of carbonyl (C=O) groups is 1. The molecular weight excluding hydrogens is 350 g/mol. The molecule has 25 heavy (non-hydrogen) atoms. The summed E-state index contributed by atoms with van der Waals surface area (Å²) in [7, 11) is 1.96. The van der Waals surface area contributed by atoms with E-state index < -0.39 is 0 Å². The van der Waals surface area contributed by atoms with Gasteiger partial charge in [0.05, 0.1) is 11.4 Å². The predicted molar refractivity (Wildman–Crippen MR) is 108 cm³/mol. The Balaban J connectivity index is 1.83. The monoisotopic (exact) mass is 369 g/mol. The molecule has 3 aromatic rings. The number of nitrogens with one attached hydrogen (secondary N) is 1. The molecule has 1 heterocycles. The van der Waals surface area contributed by atoms with E-state index in [2.05, 4.69) is 10.3 Å². The third-order valence-electron chi connectivity index (χ3n) is 3.78. The van der Waals surface area contributed by atoms with Gasteiger partial charge in [-0.15, -0.1) is 11.8 Å². The van der Waals surface area contributed by atoms with Crippen molar-refractivity contribution in [2.45, 2.75) is 11.8 Å². The van der Waals surface area contributed by atoms with Crippen LogP contribution in [0.15, 0.2) is 59.5 Å². The minimum atomic E-state index is -0.121. The highest BCUT2D eigenvalue weighted by Crippen LogP contribution is 2.31. The van der Waals surface area contributed by atoms with Gasteiger partial charge in [-0.3, -0.25) is 4.79 Å². The zero-order valence-electron chi connectivity index (χ0n) is 14.3. The van der Waals surface area contributed by atoms with Crippen LogP contribution in [0.25, 0.3) is 0 Å². The van der Waals surface area contributed by atoms with E-state index >= 15 is 0 Å². The number of nitrogens with zero attached hydrogens (tertiary/aromatic N) is 2. The molecule has 0 radical (unpaired) electrons. The quantitative estimate of drug-likeness (QED) is 0.628. The average molecular weight is 370 g/mol. The number of amides is 1. The Morgan fingerprint density at radius 1 is 1.12 bits per heavy atom. The molecule has 0 atom stereocenters. The van der Waals surface area contributed by atoms with Crippen LogP contribution < -0.4 is 10.2 Å². The largest absolute Gasteiger partial charge is 0.321 e. The standard InChI is InChI=1S/C19H19N3OS2/c1-13-17(18(23)21-15-11-7-8-12-16(15)24-3)25-19(20-13)22(2)14-9-5-4-6-10-14/h4-12H,1-3H3,(H,21,23). The zero-order chi connectivity index (χ0) is 17.8. The van der Waals surface area contributed by atoms with Crippen molar-refractivity contribution in [2.75, 3.05) is 23.5 Å². The number of benzene rings is 2. The normalized spacial score (nSPS) is 10.5. The van der Waals surface area contributed by atoms with Gasteiger partial charge in [-0.25, -0.2) is 4.98 Å². The Morgan fingerprint density at radius 2 is 1.80 bits per heavy atom. The number of hydrogen-bond acceptors (Lipinski definition) is 5. The van der Waals surface area contributed by atoms with Crippen molar-refractivity contribution in [3.8, 4) is 0 Å². The molecular formula is C19H19N3OS2. The second-order valence-corrected chi connectivity index (χ2v) is 7.29. The van der Waals surface area contributed by atoms with Crippen LogP contribution in [0.5, 0.6) is 0 Å². The summed E-state index contributed by atoms with van der Waals surface area (Å²) in [4.78, 5) is 20.9. The number of aryl methyl sites for hydroxylation is 1. The first-order valence-electron chi connectivity index (χ1n) is 7.80. The molecule has 0 saturated carbocycles. The second kappa shape index (κ2) is 7.72. The lowest BCUT2D eigenvalue weighted by Gasteiger charge is -2.15. The summed E-state index contributed by atoms with van der Waals surface area (Å²) in [5, 5.41) is 3.80. The Bertz CT molecular complexity index is 877. The van der Waals surface area contributed by atoms with Gasteiger partial charge in [0.25, 0.3) is 5.91 Å². The van der Waals surface area contributed by atoms with Crippen LogP contribution in [0.4, 0.5) is 16.5 Å². The topological polar surface area (TPSA) is 45.2 Å². The molecule has 1 N–H and O–H groups in total. The Hall–Kier alpha value is -2.31. The van der Waals surface area contributed by atoms with Crippen LogP contribution in [-0.2, 0) is 0 Å². The summed E-state index contributed by atoms with van der Waals surface area (Å²) in [6, 6.07) is 17.8. The van der Waals surface area contributed by atoms with E-state index in [1.165, 1.54) is 11.3 Å². The maximum Gasteiger partial charge on any atom is 0.267 e. The highest BCUT2D eigenvalue weighted by Gasteiger charge is 2.18. The van der Waals surface area contributed by atoms with Gasteiger partial charge in [-0.1, -0.05) is 41.7 Å². The van der Waals surface area contributed by atoms with E-state index in [4.69, 9.17) is 0 Å². The van der Waals surface area contributed by atoms with E-state index in [1.54, 1.807) is 11.8 Å². The van der Waals surface area contributed by atoms with Gasteiger partial charge in [0.15, 0.2) is 5.13 Å². The lowest BCUT2D eigenvalue weighted by molar-refractivity contribution is 0.102. The second-order valence-electron chi connectivity index (χ2n) is 5.46. The van der Waals surface area contributed by atoms with Crippen LogP contribution in [0, 0.1) is 6.92 Å². The third-order valence-corrected chi connectivity index (χ3v) is 5.81. The minimum absolute atomic E-state index is 0.121. The Kier molecular flexibility index (Phi) is 5.40. The Morgan fingerprint density at radius 3 is 2.52 bits per heavy atom. The molecule has 0 aliphatic carbocycles. The van der Waals surface area contributed by atoms with Crippen LogP contribution in [0.3, 0.4) is 0 Å². The van der Waals surface area contributed by atoms with E-state index in [9.17, 15) is 4.79 Å². The lowest BCUT2D eigenvalue weighted by atomic mass is 10.3. The SMILES string of the molecule is CSc1ccccc1NC(=O)c1sc(N(C)c2ccccc2)nc1C. The first-order valence-corrected chi connectivity index (χ1v) is 9.85. The predicted octanol–water partition coefficient (Wildman–Crippen LogP) is 5.19. The maximum absolute atomic E-state index is 12.7. The smallest absolute Gasteiger partial charge is 0.267 e. The molecule has 0 aliphatic rings. The molecule has 0 spiro atoms. The van der Waals surface area contributed by atoms with E-state index in [0.29, 0.717) is 4.88 Å². The molecule has 0 unspecified atom stereocenters. The average Bonchev–Trinajstić information content (AvgIpc) is 3.04. The molecule has 0 aliphatic heterocycles. The molecule has 1 aromatic heterocycles. The molecule has 0 fully saturated rings. The van der Waals surface area contributed by atoms with Crippen molar-refractivity contribution in [2.24, 2.45) is 0 Å². The number of thioether (sulfide) groups is 1. The van der Waals surface area contributed by atoms with Gasteiger partial charge in [0, 0.05) is 17.6 Å². The van der Waals surface area contributed by atoms with Crippen molar-refractivity contribution >= 4 is 45.5 Å². The summed E-state index contributed by atoms with van der Waals surface area (Å²) in [6.07, 6.45) is 2.00. The number of aromatic nitrogens is 1. The van der Waals surface area contributed by atoms with Gasteiger partial charge >= 0.3 is 0 Å². The molecule has 0 bridgehead atoms. The Labute approximate surface area is 155 Å². The van der Waals surface area contributed by atoms with Crippen molar-refractivity contribution < 1.29 is 4.79 Å². The highest BCUT2D eigenvalue weighted by molar-refractivity contribution is 7.98. The van der Waals surface area contributed by atoms with Gasteiger partial charge in [0.1, 0.15) is 4.88 Å². The molecule has 0 saturated heterocycles. The van der Waals surface area contributed by atoms with Crippen molar-refractivity contribution in [3.63, 3.8) is 0 Å². The maximum atomic E-state index is 12.7. The summed E-state index contributed by atoms with van der Waals surface area (Å²) >= 11 is 3.01. The first-order chi connectivity index (χ1) is 12.1. The minimum Gasteiger partial charge on any atom is -0.321 e. The third kappa shape index (κ3) is 3.86. The zero-order valence-corrected chi connectivity index (χ0v) is 15.9. The van der Waals surface area contributed by atoms with E-state index in [-0.39, 0.29) is 5.91 Å². The molecule has 1 amide bonds. The number of thiazole rings is 1. The number of hydrogen-bond donors (Lipinski definition) is 1. The van der Waals surface area contributed by atoms with Crippen molar-refractivity contribution in [1.82, 2.24) is 4.98 Å². The summed E-state index contributed by atoms with van der Waals surface area (Å²) in [5.74, 6) is -0.121. The van der Waals surface area contributed by atoms with Crippen LogP contribution >= 0.6 is 23.1 Å². The van der Waals surface area contributed by atoms with E-state index in [0.717, 1.165) is 27.1 Å². The number of rotatable bonds is 5. The first kappa shape index (κ1) is 17.5. The fraction of sp³-hybridized carbons (Fsp3) is 0.158. The van der Waals surface area contributed by atoms with Gasteiger partial charge in [-0.05, 0) is 37.4 Å². The van der Waals surface area contributed by atoms with Gasteiger partial charge in [0.2, 0.25) is 0 Å². The number of anilines is 3. The van der Waals surface area contributed by atoms with Crippen molar-refractivity contribution in [3.05, 3.63) is 65.2 Å². The molecule has 6 heteroatoms. The summed E-state index contributed by atoms with van der Waals surface area (Å²) in [5.41, 5.74) is 2.60. The van der Waals surface area contributed by atoms with Crippen LogP contribution in [0.1, 0.15) is 15.4 Å². The lowest BCUT2D eigenvalue weighted by Crippen LogP contribution is -2.12. The fourth-order valence-corrected chi connectivity index (χ4v) is 3.92. The summed E-state index contributed by atoms with van der Waals surface area (Å²) < 4.78 is 0. The molecule has 2 aromatic carbocycles. The van der Waals surface area contributed by atoms with Crippen molar-refractivity contribution in [1.29, 1.82) is 0 Å². The summed E-state index contributed by atoms with van der Waals surface area (Å²) in [6.45, 7) is 1.87. The van der Waals surface area contributed by atoms with Gasteiger partial charge in [-0.2, -0.15) is 0 Å². The number of para-hydroxylation sites is 2. The molecule has 3 rings (SSSR count). The van der Waals surface area contributed by atoms with Crippen LogP contribution in [-0.4, -0.2) is 24.2 Å². The van der Waals surface area contributed by atoms with E-state index in [1.807, 2.05) is 79.7 Å². The molecule has 4 nitrogen and oxygen atoms in total. The van der Waals surface area contributed by atoms with Gasteiger partial charge < -0.3 is 10.2 Å². The highest BCUT2D eigenvalue weighted by atomic mass is 32.2. The number of carbonyl (C=O) groups excluding carboxylic acids is 1.